The van der Waals surface area contributed by atoms with Crippen molar-refractivity contribution >= 4 is 22.8 Å². The molecule has 150 valence electrons. The Morgan fingerprint density at radius 3 is 2.67 bits per heavy atom. The Labute approximate surface area is 177 Å². The number of aromatic amines is 1. The van der Waals surface area contributed by atoms with Crippen LogP contribution in [0, 0.1) is 11.3 Å². The largest absolute Gasteiger partial charge is 0.301 e. The fourth-order valence-corrected chi connectivity index (χ4v) is 4.13. The molecule has 7 nitrogen and oxygen atoms in total. The maximum absolute atomic E-state index is 12.8. The molecule has 2 aromatic heterocycles. The van der Waals surface area contributed by atoms with Crippen LogP contribution < -0.4 is 5.56 Å². The van der Waals surface area contributed by atoms with Crippen molar-refractivity contribution in [2.24, 2.45) is 0 Å². The van der Waals surface area contributed by atoms with Gasteiger partial charge in [0, 0.05) is 11.3 Å². The van der Waals surface area contributed by atoms with Crippen molar-refractivity contribution in [3.8, 4) is 6.07 Å². The molecule has 8 heteroatoms. The maximum atomic E-state index is 12.8. The van der Waals surface area contributed by atoms with E-state index in [2.05, 4.69) is 21.4 Å². The van der Waals surface area contributed by atoms with Crippen LogP contribution in [0.4, 0.5) is 0 Å². The third kappa shape index (κ3) is 4.11. The molecule has 30 heavy (non-hydrogen) atoms. The van der Waals surface area contributed by atoms with Crippen molar-refractivity contribution < 1.29 is 0 Å². The van der Waals surface area contributed by atoms with E-state index in [1.807, 2.05) is 50.2 Å². The van der Waals surface area contributed by atoms with Crippen LogP contribution >= 0.6 is 11.8 Å². The molecule has 0 spiro atoms. The summed E-state index contributed by atoms with van der Waals surface area (Å²) in [5.74, 6) is 0.671. The second-order valence-corrected chi connectivity index (χ2v) is 8.18. The minimum Gasteiger partial charge on any atom is -0.301 e. The second-order valence-electron chi connectivity index (χ2n) is 7.22. The fraction of sp³-hybridized carbons (Fsp3) is 0.227. The lowest BCUT2D eigenvalue weighted by Crippen LogP contribution is -2.21. The van der Waals surface area contributed by atoms with Gasteiger partial charge in [-0.1, -0.05) is 55.1 Å². The number of hydrogen-bond acceptors (Lipinski definition) is 6. The summed E-state index contributed by atoms with van der Waals surface area (Å²) in [5, 5.41) is 17.9. The smallest absolute Gasteiger partial charge is 0.255 e. The molecule has 2 heterocycles. The molecule has 2 aromatic carbocycles. The molecular weight excluding hydrogens is 396 g/mol. The van der Waals surface area contributed by atoms with E-state index < -0.39 is 0 Å². The van der Waals surface area contributed by atoms with Crippen LogP contribution in [0.3, 0.4) is 0 Å². The van der Waals surface area contributed by atoms with Gasteiger partial charge in [-0.05, 0) is 35.7 Å². The van der Waals surface area contributed by atoms with Crippen molar-refractivity contribution in [3.63, 3.8) is 0 Å². The average Bonchev–Trinajstić information content (AvgIpc) is 3.15. The summed E-state index contributed by atoms with van der Waals surface area (Å²) in [6, 6.07) is 17.2. The van der Waals surface area contributed by atoms with Gasteiger partial charge in [0.2, 0.25) is 0 Å². The number of thioether (sulfide) groups is 1. The van der Waals surface area contributed by atoms with Crippen LogP contribution in [-0.2, 0) is 12.3 Å². The van der Waals surface area contributed by atoms with Crippen LogP contribution in [0.15, 0.2) is 58.5 Å². The Morgan fingerprint density at radius 1 is 1.17 bits per heavy atom. The minimum absolute atomic E-state index is 0.0311. The number of aromatic nitrogens is 5. The Morgan fingerprint density at radius 2 is 1.93 bits per heavy atom. The summed E-state index contributed by atoms with van der Waals surface area (Å²) >= 11 is 1.46. The zero-order chi connectivity index (χ0) is 21.1. The number of benzene rings is 2. The molecule has 1 N–H and O–H groups in total. The number of para-hydroxylation sites is 1. The predicted octanol–water partition coefficient (Wildman–Crippen LogP) is 3.85. The van der Waals surface area contributed by atoms with Crippen LogP contribution in [0.25, 0.3) is 11.0 Å². The number of hydrogen-bond donors (Lipinski definition) is 1. The van der Waals surface area contributed by atoms with Gasteiger partial charge in [0.1, 0.15) is 5.52 Å². The van der Waals surface area contributed by atoms with Gasteiger partial charge in [0.25, 0.3) is 5.56 Å². The summed E-state index contributed by atoms with van der Waals surface area (Å²) in [6.45, 7) is 4.35. The van der Waals surface area contributed by atoms with Gasteiger partial charge in [-0.25, -0.2) is 9.67 Å². The molecule has 4 rings (SSSR count). The first-order valence-corrected chi connectivity index (χ1v) is 10.6. The van der Waals surface area contributed by atoms with Gasteiger partial charge < -0.3 is 4.98 Å². The summed E-state index contributed by atoms with van der Waals surface area (Å²) in [5.41, 5.74) is 4.63. The molecule has 0 aliphatic rings. The van der Waals surface area contributed by atoms with E-state index in [4.69, 9.17) is 10.2 Å². The van der Waals surface area contributed by atoms with Crippen molar-refractivity contribution in [3.05, 3.63) is 81.3 Å². The highest BCUT2D eigenvalue weighted by molar-refractivity contribution is 7.98. The first-order chi connectivity index (χ1) is 14.5. The number of H-pyrrole nitrogens is 1. The number of rotatable bonds is 6. The first kappa shape index (κ1) is 19.9. The zero-order valence-electron chi connectivity index (χ0n) is 16.7. The lowest BCUT2D eigenvalue weighted by atomic mass is 10.0. The summed E-state index contributed by atoms with van der Waals surface area (Å²) in [7, 11) is 0. The minimum atomic E-state index is -0.123. The fourth-order valence-electron chi connectivity index (χ4n) is 3.29. The van der Waals surface area contributed by atoms with Gasteiger partial charge in [0.05, 0.1) is 29.4 Å². The molecule has 0 radical (unpaired) electrons. The van der Waals surface area contributed by atoms with Crippen LogP contribution in [0.5, 0.6) is 0 Å². The molecule has 4 aromatic rings. The van der Waals surface area contributed by atoms with Gasteiger partial charge in [-0.15, -0.1) is 5.10 Å². The highest BCUT2D eigenvalue weighted by atomic mass is 32.2. The summed E-state index contributed by atoms with van der Waals surface area (Å²) in [4.78, 5) is 20.5. The van der Waals surface area contributed by atoms with E-state index in [9.17, 15) is 4.79 Å². The monoisotopic (exact) mass is 416 g/mol. The van der Waals surface area contributed by atoms with Crippen LogP contribution in [0.2, 0.25) is 0 Å². The Kier molecular flexibility index (Phi) is 5.63. The third-order valence-electron chi connectivity index (χ3n) is 4.77. The van der Waals surface area contributed by atoms with Gasteiger partial charge in [-0.3, -0.25) is 4.79 Å². The highest BCUT2D eigenvalue weighted by Crippen LogP contribution is 2.22. The molecule has 0 aliphatic heterocycles. The number of nitrogens with zero attached hydrogens (tertiary/aromatic N) is 5. The Balaban J connectivity index is 1.64. The standard InChI is InChI=1S/C22H20N6OS/c1-14(2)20-18(12-28-19-6-4-3-5-17(19)26-27-28)24-22(25-21(20)29)30-13-16-9-7-15(11-23)8-10-16/h3-10,14H,12-13H2,1-2H3,(H,24,25,29). The van der Waals surface area contributed by atoms with E-state index in [1.165, 1.54) is 11.8 Å². The molecule has 0 unspecified atom stereocenters. The van der Waals surface area contributed by atoms with Crippen molar-refractivity contribution in [2.45, 2.75) is 37.2 Å². The predicted molar refractivity (Wildman–Crippen MR) is 116 cm³/mol. The lowest BCUT2D eigenvalue weighted by Gasteiger charge is -2.13. The molecule has 0 atom stereocenters. The Bertz CT molecular complexity index is 1280. The topological polar surface area (TPSA) is 100 Å². The van der Waals surface area contributed by atoms with E-state index in [1.54, 1.807) is 16.8 Å². The van der Waals surface area contributed by atoms with Gasteiger partial charge in [0.15, 0.2) is 5.16 Å². The van der Waals surface area contributed by atoms with Gasteiger partial charge >= 0.3 is 0 Å². The maximum Gasteiger partial charge on any atom is 0.255 e. The zero-order valence-corrected chi connectivity index (χ0v) is 17.5. The molecule has 0 saturated heterocycles. The lowest BCUT2D eigenvalue weighted by molar-refractivity contribution is 0.631. The molecule has 0 amide bonds. The molecular formula is C22H20N6OS. The number of nitriles is 1. The van der Waals surface area contributed by atoms with Crippen molar-refractivity contribution in [2.75, 3.05) is 0 Å². The quantitative estimate of drug-likeness (QED) is 0.378. The van der Waals surface area contributed by atoms with E-state index >= 15 is 0 Å². The van der Waals surface area contributed by atoms with Crippen molar-refractivity contribution in [1.82, 2.24) is 25.0 Å². The van der Waals surface area contributed by atoms with E-state index in [0.717, 1.165) is 16.6 Å². The number of fused-ring (bicyclic) bond motifs is 1. The molecule has 0 saturated carbocycles. The molecule has 0 fully saturated rings. The van der Waals surface area contributed by atoms with Crippen LogP contribution in [0.1, 0.15) is 42.1 Å². The normalized spacial score (nSPS) is 11.1. The van der Waals surface area contributed by atoms with E-state index in [0.29, 0.717) is 34.3 Å². The first-order valence-electron chi connectivity index (χ1n) is 9.58. The van der Waals surface area contributed by atoms with Crippen molar-refractivity contribution in [1.29, 1.82) is 5.26 Å². The SMILES string of the molecule is CC(C)c1c(Cn2nnc3ccccc32)nc(SCc2ccc(C#N)cc2)[nH]c1=O. The summed E-state index contributed by atoms with van der Waals surface area (Å²) in [6.07, 6.45) is 0. The molecule has 0 bridgehead atoms. The summed E-state index contributed by atoms with van der Waals surface area (Å²) < 4.78 is 1.78. The third-order valence-corrected chi connectivity index (χ3v) is 5.71. The highest BCUT2D eigenvalue weighted by Gasteiger charge is 2.17. The Hall–Kier alpha value is -3.44. The number of nitrogens with one attached hydrogen (secondary N) is 1. The molecule has 0 aliphatic carbocycles. The second kappa shape index (κ2) is 8.51. The van der Waals surface area contributed by atoms with E-state index in [-0.39, 0.29) is 11.5 Å². The average molecular weight is 417 g/mol. The van der Waals surface area contributed by atoms with Gasteiger partial charge in [-0.2, -0.15) is 5.26 Å². The van der Waals surface area contributed by atoms with Crippen LogP contribution in [-0.4, -0.2) is 25.0 Å².